The quantitative estimate of drug-likeness (QED) is 0.679. The van der Waals surface area contributed by atoms with Gasteiger partial charge in [-0.1, -0.05) is 84.9 Å². The van der Waals surface area contributed by atoms with Crippen LogP contribution in [0.3, 0.4) is 0 Å². The molecule has 0 amide bonds. The highest BCUT2D eigenvalue weighted by atomic mass is 14.9. The molecule has 0 spiro atoms. The SMILES string of the molecule is C[C@@H](NCc1ccccc1)c1ccc(-c2ccccc2)cc1. The van der Waals surface area contributed by atoms with E-state index in [0.717, 1.165) is 6.54 Å². The van der Waals surface area contributed by atoms with Crippen LogP contribution >= 0.6 is 0 Å². The predicted octanol–water partition coefficient (Wildman–Crippen LogP) is 5.20. The minimum absolute atomic E-state index is 0.338. The van der Waals surface area contributed by atoms with Crippen molar-refractivity contribution >= 4 is 0 Å². The van der Waals surface area contributed by atoms with Gasteiger partial charge in [0.25, 0.3) is 0 Å². The van der Waals surface area contributed by atoms with Crippen molar-refractivity contribution in [3.63, 3.8) is 0 Å². The van der Waals surface area contributed by atoms with Gasteiger partial charge in [0, 0.05) is 12.6 Å². The Morgan fingerprint density at radius 1 is 0.682 bits per heavy atom. The first kappa shape index (κ1) is 14.6. The summed E-state index contributed by atoms with van der Waals surface area (Å²) >= 11 is 0. The van der Waals surface area contributed by atoms with Gasteiger partial charge in [0.15, 0.2) is 0 Å². The van der Waals surface area contributed by atoms with Gasteiger partial charge < -0.3 is 5.32 Å². The molecule has 3 aromatic carbocycles. The van der Waals surface area contributed by atoms with Crippen LogP contribution in [0.1, 0.15) is 24.1 Å². The molecule has 0 saturated heterocycles. The second kappa shape index (κ2) is 7.06. The zero-order valence-electron chi connectivity index (χ0n) is 12.9. The van der Waals surface area contributed by atoms with E-state index in [1.165, 1.54) is 22.3 Å². The van der Waals surface area contributed by atoms with Crippen LogP contribution in [-0.4, -0.2) is 0 Å². The number of benzene rings is 3. The van der Waals surface area contributed by atoms with E-state index in [-0.39, 0.29) is 0 Å². The Balaban J connectivity index is 1.65. The largest absolute Gasteiger partial charge is 0.306 e. The van der Waals surface area contributed by atoms with Gasteiger partial charge in [-0.2, -0.15) is 0 Å². The lowest BCUT2D eigenvalue weighted by molar-refractivity contribution is 0.575. The average Bonchev–Trinajstić information content (AvgIpc) is 2.61. The van der Waals surface area contributed by atoms with Gasteiger partial charge >= 0.3 is 0 Å². The van der Waals surface area contributed by atoms with Crippen molar-refractivity contribution in [1.29, 1.82) is 0 Å². The molecule has 1 heteroatoms. The Kier molecular flexibility index (Phi) is 4.67. The maximum absolute atomic E-state index is 3.57. The van der Waals surface area contributed by atoms with E-state index >= 15 is 0 Å². The predicted molar refractivity (Wildman–Crippen MR) is 93.6 cm³/mol. The third-order valence-corrected chi connectivity index (χ3v) is 3.97. The first-order valence-electron chi connectivity index (χ1n) is 7.75. The van der Waals surface area contributed by atoms with Crippen molar-refractivity contribution in [2.45, 2.75) is 19.5 Å². The zero-order chi connectivity index (χ0) is 15.2. The molecule has 1 N–H and O–H groups in total. The Bertz CT molecular complexity index is 687. The molecule has 0 saturated carbocycles. The maximum Gasteiger partial charge on any atom is 0.0294 e. The van der Waals surface area contributed by atoms with E-state index < -0.39 is 0 Å². The number of nitrogens with one attached hydrogen (secondary N) is 1. The highest BCUT2D eigenvalue weighted by molar-refractivity contribution is 5.63. The average molecular weight is 287 g/mol. The molecule has 3 rings (SSSR count). The molecule has 0 fully saturated rings. The minimum Gasteiger partial charge on any atom is -0.306 e. The monoisotopic (exact) mass is 287 g/mol. The molecule has 0 aliphatic rings. The summed E-state index contributed by atoms with van der Waals surface area (Å²) < 4.78 is 0. The molecular formula is C21H21N. The summed E-state index contributed by atoms with van der Waals surface area (Å²) in [7, 11) is 0. The molecule has 1 nitrogen and oxygen atoms in total. The van der Waals surface area contributed by atoms with Crippen molar-refractivity contribution < 1.29 is 0 Å². The van der Waals surface area contributed by atoms with Gasteiger partial charge in [-0.15, -0.1) is 0 Å². The molecule has 110 valence electrons. The molecule has 0 unspecified atom stereocenters. The third-order valence-electron chi connectivity index (χ3n) is 3.97. The molecule has 0 aliphatic heterocycles. The summed E-state index contributed by atoms with van der Waals surface area (Å²) in [5.41, 5.74) is 5.16. The van der Waals surface area contributed by atoms with Gasteiger partial charge in [0.1, 0.15) is 0 Å². The van der Waals surface area contributed by atoms with E-state index in [1.54, 1.807) is 0 Å². The van der Waals surface area contributed by atoms with Gasteiger partial charge in [-0.25, -0.2) is 0 Å². The van der Waals surface area contributed by atoms with Crippen molar-refractivity contribution in [2.24, 2.45) is 0 Å². The first-order chi connectivity index (χ1) is 10.8. The summed E-state index contributed by atoms with van der Waals surface area (Å²) in [6, 6.07) is 30.2. The van der Waals surface area contributed by atoms with Gasteiger partial charge in [0.2, 0.25) is 0 Å². The molecule has 22 heavy (non-hydrogen) atoms. The Morgan fingerprint density at radius 3 is 1.86 bits per heavy atom. The van der Waals surface area contributed by atoms with E-state index in [2.05, 4.69) is 91.1 Å². The minimum atomic E-state index is 0.338. The molecule has 0 aromatic heterocycles. The number of hydrogen-bond acceptors (Lipinski definition) is 1. The van der Waals surface area contributed by atoms with Crippen molar-refractivity contribution in [1.82, 2.24) is 5.32 Å². The molecule has 0 aliphatic carbocycles. The highest BCUT2D eigenvalue weighted by Gasteiger charge is 2.05. The Labute approximate surface area is 132 Å². The van der Waals surface area contributed by atoms with Crippen molar-refractivity contribution in [2.75, 3.05) is 0 Å². The summed E-state index contributed by atoms with van der Waals surface area (Å²) in [6.45, 7) is 3.10. The summed E-state index contributed by atoms with van der Waals surface area (Å²) in [5, 5.41) is 3.57. The smallest absolute Gasteiger partial charge is 0.0294 e. The fourth-order valence-electron chi connectivity index (χ4n) is 2.58. The number of rotatable bonds is 5. The molecule has 3 aromatic rings. The normalized spacial score (nSPS) is 12.0. The molecule has 0 radical (unpaired) electrons. The molecule has 0 heterocycles. The lowest BCUT2D eigenvalue weighted by Gasteiger charge is -2.15. The summed E-state index contributed by atoms with van der Waals surface area (Å²) in [6.07, 6.45) is 0. The van der Waals surface area contributed by atoms with Crippen LogP contribution in [0.4, 0.5) is 0 Å². The number of hydrogen-bond donors (Lipinski definition) is 1. The van der Waals surface area contributed by atoms with Crippen LogP contribution in [0.5, 0.6) is 0 Å². The second-order valence-electron chi connectivity index (χ2n) is 5.58. The first-order valence-corrected chi connectivity index (χ1v) is 7.75. The summed E-state index contributed by atoms with van der Waals surface area (Å²) in [4.78, 5) is 0. The van der Waals surface area contributed by atoms with Crippen LogP contribution < -0.4 is 5.32 Å². The van der Waals surface area contributed by atoms with Crippen LogP contribution in [0, 0.1) is 0 Å². The zero-order valence-corrected chi connectivity index (χ0v) is 12.9. The highest BCUT2D eigenvalue weighted by Crippen LogP contribution is 2.21. The lowest BCUT2D eigenvalue weighted by Crippen LogP contribution is -2.17. The van der Waals surface area contributed by atoms with Crippen molar-refractivity contribution in [3.8, 4) is 11.1 Å². The Hall–Kier alpha value is -2.38. The maximum atomic E-state index is 3.57. The molecule has 1 atom stereocenters. The Morgan fingerprint density at radius 2 is 1.23 bits per heavy atom. The topological polar surface area (TPSA) is 12.0 Å². The second-order valence-corrected chi connectivity index (χ2v) is 5.58. The van der Waals surface area contributed by atoms with Crippen molar-refractivity contribution in [3.05, 3.63) is 96.1 Å². The van der Waals surface area contributed by atoms with Gasteiger partial charge in [-0.05, 0) is 29.2 Å². The van der Waals surface area contributed by atoms with Crippen LogP contribution in [0.2, 0.25) is 0 Å². The molecular weight excluding hydrogens is 266 g/mol. The lowest BCUT2D eigenvalue weighted by atomic mass is 10.0. The van der Waals surface area contributed by atoms with Gasteiger partial charge in [0.05, 0.1) is 0 Å². The summed E-state index contributed by atoms with van der Waals surface area (Å²) in [5.74, 6) is 0. The van der Waals surface area contributed by atoms with E-state index in [4.69, 9.17) is 0 Å². The fourth-order valence-corrected chi connectivity index (χ4v) is 2.58. The van der Waals surface area contributed by atoms with Crippen LogP contribution in [0.15, 0.2) is 84.9 Å². The van der Waals surface area contributed by atoms with Gasteiger partial charge in [-0.3, -0.25) is 0 Å². The van der Waals surface area contributed by atoms with E-state index in [9.17, 15) is 0 Å². The molecule has 0 bridgehead atoms. The van der Waals surface area contributed by atoms with Crippen LogP contribution in [-0.2, 0) is 6.54 Å². The fraction of sp³-hybridized carbons (Fsp3) is 0.143. The standard InChI is InChI=1S/C21H21N/c1-17(22-16-18-8-4-2-5-9-18)19-12-14-21(15-13-19)20-10-6-3-7-11-20/h2-15,17,22H,16H2,1H3/t17-/m1/s1. The van der Waals surface area contributed by atoms with E-state index in [0.29, 0.717) is 6.04 Å². The van der Waals surface area contributed by atoms with E-state index in [1.807, 2.05) is 6.07 Å². The van der Waals surface area contributed by atoms with Crippen LogP contribution in [0.25, 0.3) is 11.1 Å². The third kappa shape index (κ3) is 3.63.